The number of hydrogen-bond donors (Lipinski definition) is 1. The van der Waals surface area contributed by atoms with Crippen molar-refractivity contribution < 1.29 is 9.59 Å². The Bertz CT molecular complexity index is 954. The molecular formula is C27H33NO2. The molecule has 2 saturated carbocycles. The summed E-state index contributed by atoms with van der Waals surface area (Å²) in [7, 11) is 1.95. The minimum Gasteiger partial charge on any atom is -0.388 e. The van der Waals surface area contributed by atoms with E-state index in [4.69, 9.17) is 0 Å². The summed E-state index contributed by atoms with van der Waals surface area (Å²) in [4.78, 5) is 24.7. The van der Waals surface area contributed by atoms with Crippen molar-refractivity contribution in [3.8, 4) is 0 Å². The second-order valence-electron chi connectivity index (χ2n) is 10.2. The quantitative estimate of drug-likeness (QED) is 0.690. The highest BCUT2D eigenvalue weighted by molar-refractivity contribution is 5.93. The monoisotopic (exact) mass is 403 g/mol. The normalized spacial score (nSPS) is 35.3. The minimum atomic E-state index is 0.0820. The number of nitrogens with one attached hydrogen (secondary N) is 1. The number of benzene rings is 1. The van der Waals surface area contributed by atoms with Crippen LogP contribution in [0.2, 0.25) is 0 Å². The molecule has 1 N–H and O–H groups in total. The molecule has 5 unspecified atom stereocenters. The minimum absolute atomic E-state index is 0.0820. The Morgan fingerprint density at radius 2 is 1.83 bits per heavy atom. The molecule has 4 aliphatic carbocycles. The highest BCUT2D eigenvalue weighted by Gasteiger charge is 2.57. The van der Waals surface area contributed by atoms with Crippen LogP contribution < -0.4 is 5.32 Å². The second-order valence-corrected chi connectivity index (χ2v) is 10.2. The fourth-order valence-electron chi connectivity index (χ4n) is 7.51. The Morgan fingerprint density at radius 3 is 2.53 bits per heavy atom. The molecule has 1 aromatic rings. The molecule has 0 heterocycles. The summed E-state index contributed by atoms with van der Waals surface area (Å²) in [5, 5.41) is 3.23. The molecular weight excluding hydrogens is 370 g/mol. The van der Waals surface area contributed by atoms with Gasteiger partial charge in [-0.05, 0) is 97.6 Å². The lowest BCUT2D eigenvalue weighted by atomic mass is 9.51. The number of anilines is 1. The fourth-order valence-corrected chi connectivity index (χ4v) is 7.51. The molecule has 5 rings (SSSR count). The van der Waals surface area contributed by atoms with Crippen molar-refractivity contribution in [2.24, 2.45) is 23.2 Å². The van der Waals surface area contributed by atoms with Crippen molar-refractivity contribution in [1.29, 1.82) is 0 Å². The van der Waals surface area contributed by atoms with E-state index in [-0.39, 0.29) is 11.3 Å². The maximum absolute atomic E-state index is 12.6. The first-order valence-electron chi connectivity index (χ1n) is 11.7. The molecule has 0 aliphatic heterocycles. The van der Waals surface area contributed by atoms with E-state index in [9.17, 15) is 9.59 Å². The Balaban J connectivity index is 1.66. The number of hydrogen-bond acceptors (Lipinski definition) is 3. The van der Waals surface area contributed by atoms with Gasteiger partial charge in [-0.25, -0.2) is 0 Å². The number of carbonyl (C=O) groups is 2. The summed E-state index contributed by atoms with van der Waals surface area (Å²) in [5.74, 6) is 2.37. The summed E-state index contributed by atoms with van der Waals surface area (Å²) in [6.07, 6.45) is 8.92. The van der Waals surface area contributed by atoms with Gasteiger partial charge in [0.25, 0.3) is 0 Å². The fraction of sp³-hybridized carbons (Fsp3) is 0.556. The molecule has 0 aromatic heterocycles. The SMILES string of the molecule is CNc1ccc(C2CC3(C)C(C(C)=O)CCC3C3CCC4=CC(=O)CCC4=C23)cc1. The van der Waals surface area contributed by atoms with Gasteiger partial charge in [-0.3, -0.25) is 9.59 Å². The molecule has 0 saturated heterocycles. The largest absolute Gasteiger partial charge is 0.388 e. The van der Waals surface area contributed by atoms with Crippen LogP contribution in [0.3, 0.4) is 0 Å². The Labute approximate surface area is 180 Å². The second kappa shape index (κ2) is 7.21. The van der Waals surface area contributed by atoms with Crippen LogP contribution in [0, 0.1) is 23.2 Å². The van der Waals surface area contributed by atoms with Gasteiger partial charge in [-0.2, -0.15) is 0 Å². The first-order valence-corrected chi connectivity index (χ1v) is 11.7. The van der Waals surface area contributed by atoms with E-state index in [1.807, 2.05) is 13.1 Å². The maximum Gasteiger partial charge on any atom is 0.156 e. The lowest BCUT2D eigenvalue weighted by Crippen LogP contribution is -2.44. The Kier molecular flexibility index (Phi) is 4.76. The molecule has 158 valence electrons. The third kappa shape index (κ3) is 2.92. The lowest BCUT2D eigenvalue weighted by Gasteiger charge is -2.52. The Hall–Kier alpha value is -2.16. The zero-order valence-electron chi connectivity index (χ0n) is 18.5. The highest BCUT2D eigenvalue weighted by Crippen LogP contribution is 2.65. The van der Waals surface area contributed by atoms with E-state index >= 15 is 0 Å². The summed E-state index contributed by atoms with van der Waals surface area (Å²) < 4.78 is 0. The Morgan fingerprint density at radius 1 is 1.07 bits per heavy atom. The first-order chi connectivity index (χ1) is 14.4. The smallest absolute Gasteiger partial charge is 0.156 e. The van der Waals surface area contributed by atoms with Crippen molar-refractivity contribution in [3.05, 3.63) is 52.6 Å². The molecule has 0 amide bonds. The van der Waals surface area contributed by atoms with E-state index in [0.29, 0.717) is 35.7 Å². The summed E-state index contributed by atoms with van der Waals surface area (Å²) >= 11 is 0. The van der Waals surface area contributed by atoms with Crippen molar-refractivity contribution in [2.75, 3.05) is 12.4 Å². The molecule has 1 aromatic carbocycles. The topological polar surface area (TPSA) is 46.2 Å². The number of rotatable bonds is 3. The van der Waals surface area contributed by atoms with Gasteiger partial charge in [0.1, 0.15) is 5.78 Å². The molecule has 5 atom stereocenters. The van der Waals surface area contributed by atoms with Gasteiger partial charge in [-0.1, -0.05) is 24.6 Å². The molecule has 0 spiro atoms. The van der Waals surface area contributed by atoms with Crippen LogP contribution in [0.1, 0.15) is 70.3 Å². The van der Waals surface area contributed by atoms with Crippen LogP contribution in [0.4, 0.5) is 5.69 Å². The molecule has 4 aliphatic rings. The van der Waals surface area contributed by atoms with Crippen molar-refractivity contribution in [3.63, 3.8) is 0 Å². The van der Waals surface area contributed by atoms with Crippen molar-refractivity contribution >= 4 is 17.3 Å². The summed E-state index contributed by atoms with van der Waals surface area (Å²) in [5.41, 5.74) is 6.99. The van der Waals surface area contributed by atoms with E-state index in [1.165, 1.54) is 23.1 Å². The van der Waals surface area contributed by atoms with Crippen molar-refractivity contribution in [2.45, 2.75) is 64.7 Å². The molecule has 0 bridgehead atoms. The average molecular weight is 404 g/mol. The summed E-state index contributed by atoms with van der Waals surface area (Å²) in [6, 6.07) is 8.89. The number of allylic oxidation sites excluding steroid dienone is 4. The van der Waals surface area contributed by atoms with Crippen LogP contribution >= 0.6 is 0 Å². The highest BCUT2D eigenvalue weighted by atomic mass is 16.1. The number of fused-ring (bicyclic) bond motifs is 4. The van der Waals surface area contributed by atoms with Crippen LogP contribution in [-0.4, -0.2) is 18.6 Å². The van der Waals surface area contributed by atoms with E-state index in [0.717, 1.165) is 37.8 Å². The molecule has 30 heavy (non-hydrogen) atoms. The van der Waals surface area contributed by atoms with E-state index in [1.54, 1.807) is 12.5 Å². The number of ketones is 2. The van der Waals surface area contributed by atoms with Crippen LogP contribution in [0.15, 0.2) is 47.1 Å². The van der Waals surface area contributed by atoms with Crippen molar-refractivity contribution in [1.82, 2.24) is 0 Å². The first kappa shape index (κ1) is 19.8. The summed E-state index contributed by atoms with van der Waals surface area (Å²) in [6.45, 7) is 4.21. The predicted molar refractivity (Wildman–Crippen MR) is 120 cm³/mol. The maximum atomic E-state index is 12.6. The van der Waals surface area contributed by atoms with Gasteiger partial charge >= 0.3 is 0 Å². The zero-order valence-corrected chi connectivity index (χ0v) is 18.5. The third-order valence-corrected chi connectivity index (χ3v) is 8.82. The molecule has 0 radical (unpaired) electrons. The van der Waals surface area contributed by atoms with Gasteiger partial charge < -0.3 is 5.32 Å². The molecule has 3 heteroatoms. The number of carbonyl (C=O) groups excluding carboxylic acids is 2. The van der Waals surface area contributed by atoms with E-state index < -0.39 is 0 Å². The predicted octanol–water partition coefficient (Wildman–Crippen LogP) is 5.83. The van der Waals surface area contributed by atoms with Gasteiger partial charge in [0.05, 0.1) is 0 Å². The van der Waals surface area contributed by atoms with Crippen LogP contribution in [0.5, 0.6) is 0 Å². The molecule has 2 fully saturated rings. The van der Waals surface area contributed by atoms with Crippen LogP contribution in [0.25, 0.3) is 0 Å². The van der Waals surface area contributed by atoms with Crippen LogP contribution in [-0.2, 0) is 9.59 Å². The van der Waals surface area contributed by atoms with Gasteiger partial charge in [0.2, 0.25) is 0 Å². The standard InChI is InChI=1S/C27H33NO2/c1-16(29)24-12-13-25-22-10-6-18-14-20(30)9-11-21(18)26(22)23(15-27(24,25)2)17-4-7-19(28-3)8-5-17/h4-5,7-8,14,22-25,28H,6,9-13,15H2,1-3H3. The van der Waals surface area contributed by atoms with Gasteiger partial charge in [0.15, 0.2) is 5.78 Å². The van der Waals surface area contributed by atoms with E-state index in [2.05, 4.69) is 36.5 Å². The molecule has 3 nitrogen and oxygen atoms in total. The van der Waals surface area contributed by atoms with Gasteiger partial charge in [0, 0.05) is 31.0 Å². The average Bonchev–Trinajstić information content (AvgIpc) is 3.10. The lowest BCUT2D eigenvalue weighted by molar-refractivity contribution is -0.125. The van der Waals surface area contributed by atoms with Gasteiger partial charge in [-0.15, -0.1) is 0 Å². The zero-order chi connectivity index (χ0) is 21.0. The third-order valence-electron chi connectivity index (χ3n) is 8.82. The number of Topliss-reactive ketones (excluding diaryl/α,β-unsaturated/α-hetero) is 1.